The van der Waals surface area contributed by atoms with Crippen LogP contribution in [0.4, 0.5) is 5.69 Å². The van der Waals surface area contributed by atoms with Crippen LogP contribution in [0.3, 0.4) is 0 Å². The van der Waals surface area contributed by atoms with Gasteiger partial charge in [-0.3, -0.25) is 9.10 Å². The van der Waals surface area contributed by atoms with Gasteiger partial charge < -0.3 is 10.1 Å². The van der Waals surface area contributed by atoms with Crippen molar-refractivity contribution in [3.63, 3.8) is 0 Å². The smallest absolute Gasteiger partial charge is 0.241 e. The summed E-state index contributed by atoms with van der Waals surface area (Å²) in [5.41, 5.74) is 1.96. The Balaban J connectivity index is 2.09. The van der Waals surface area contributed by atoms with Crippen LogP contribution in [0.15, 0.2) is 42.5 Å². The molecular weight excluding hydrogens is 388 g/mol. The number of hydrogen-bond acceptors (Lipinski definition) is 4. The average molecular weight is 411 g/mol. The van der Waals surface area contributed by atoms with Crippen molar-refractivity contribution >= 4 is 33.2 Å². The lowest BCUT2D eigenvalue weighted by Crippen LogP contribution is -2.40. The summed E-state index contributed by atoms with van der Waals surface area (Å²) in [5.74, 6) is 0.315. The van der Waals surface area contributed by atoms with Crippen molar-refractivity contribution in [3.05, 3.63) is 58.6 Å². The fourth-order valence-electron chi connectivity index (χ4n) is 2.58. The Morgan fingerprint density at radius 2 is 1.96 bits per heavy atom. The molecule has 0 bridgehead atoms. The number of anilines is 1. The Bertz CT molecular complexity index is 916. The minimum Gasteiger partial charge on any atom is -0.494 e. The highest BCUT2D eigenvalue weighted by Gasteiger charge is 2.22. The molecule has 0 aromatic heterocycles. The second kappa shape index (κ2) is 9.10. The van der Waals surface area contributed by atoms with E-state index in [4.69, 9.17) is 16.3 Å². The molecule has 0 saturated carbocycles. The van der Waals surface area contributed by atoms with Gasteiger partial charge in [0.05, 0.1) is 18.6 Å². The van der Waals surface area contributed by atoms with Gasteiger partial charge >= 0.3 is 0 Å². The number of halogens is 1. The summed E-state index contributed by atoms with van der Waals surface area (Å²) in [6.45, 7) is 4.16. The van der Waals surface area contributed by atoms with Gasteiger partial charge in [-0.05, 0) is 55.3 Å². The third-order valence-corrected chi connectivity index (χ3v) is 5.18. The molecule has 0 saturated heterocycles. The average Bonchev–Trinajstić information content (AvgIpc) is 2.58. The molecule has 6 nitrogen and oxygen atoms in total. The fraction of sp³-hybridized carbons (Fsp3) is 0.316. The van der Waals surface area contributed by atoms with E-state index in [0.29, 0.717) is 22.9 Å². The van der Waals surface area contributed by atoms with Crippen LogP contribution < -0.4 is 14.4 Å². The van der Waals surface area contributed by atoms with Crippen LogP contribution in [0.5, 0.6) is 5.75 Å². The first-order valence-electron chi connectivity index (χ1n) is 8.43. The summed E-state index contributed by atoms with van der Waals surface area (Å²) in [4.78, 5) is 12.4. The van der Waals surface area contributed by atoms with Crippen molar-refractivity contribution in [1.82, 2.24) is 5.32 Å². The fourth-order valence-corrected chi connectivity index (χ4v) is 3.72. The van der Waals surface area contributed by atoms with Crippen LogP contribution in [0.2, 0.25) is 5.02 Å². The second-order valence-electron chi connectivity index (χ2n) is 6.06. The van der Waals surface area contributed by atoms with Crippen LogP contribution in [0.1, 0.15) is 18.1 Å². The normalized spacial score (nSPS) is 11.1. The number of nitrogens with one attached hydrogen (secondary N) is 1. The molecule has 0 fully saturated rings. The minimum absolute atomic E-state index is 0.275. The molecule has 146 valence electrons. The summed E-state index contributed by atoms with van der Waals surface area (Å²) in [6.07, 6.45) is 1.07. The van der Waals surface area contributed by atoms with E-state index in [-0.39, 0.29) is 13.1 Å². The van der Waals surface area contributed by atoms with Crippen molar-refractivity contribution in [2.24, 2.45) is 0 Å². The molecule has 0 radical (unpaired) electrons. The number of amides is 1. The first-order chi connectivity index (χ1) is 12.7. The zero-order chi connectivity index (χ0) is 20.0. The molecule has 1 amide bonds. The summed E-state index contributed by atoms with van der Waals surface area (Å²) >= 11 is 5.94. The third-order valence-electron chi connectivity index (χ3n) is 3.81. The highest BCUT2D eigenvalue weighted by molar-refractivity contribution is 7.92. The molecule has 0 aliphatic rings. The van der Waals surface area contributed by atoms with Crippen LogP contribution in [0, 0.1) is 6.92 Å². The Kier molecular flexibility index (Phi) is 7.10. The van der Waals surface area contributed by atoms with Gasteiger partial charge in [-0.2, -0.15) is 0 Å². The predicted molar refractivity (Wildman–Crippen MR) is 108 cm³/mol. The van der Waals surface area contributed by atoms with E-state index < -0.39 is 15.9 Å². The Morgan fingerprint density at radius 3 is 2.59 bits per heavy atom. The molecule has 1 N–H and O–H groups in total. The first kappa shape index (κ1) is 21.1. The van der Waals surface area contributed by atoms with Crippen molar-refractivity contribution < 1.29 is 17.9 Å². The van der Waals surface area contributed by atoms with Gasteiger partial charge in [0.2, 0.25) is 15.9 Å². The number of carbonyl (C=O) groups is 1. The van der Waals surface area contributed by atoms with Gasteiger partial charge in [0, 0.05) is 11.6 Å². The minimum atomic E-state index is -3.64. The maximum atomic E-state index is 12.4. The van der Waals surface area contributed by atoms with Crippen molar-refractivity contribution in [2.75, 3.05) is 23.7 Å². The van der Waals surface area contributed by atoms with E-state index in [1.165, 1.54) is 0 Å². The van der Waals surface area contributed by atoms with Crippen molar-refractivity contribution in [3.8, 4) is 5.75 Å². The standard InChI is InChI=1S/C19H23ClN2O4S/c1-4-26-17-7-5-6-15(11-17)12-21-19(23)13-22(27(3,24)25)18-9-8-16(20)10-14(18)2/h5-11H,4,12-13H2,1-3H3,(H,21,23). The van der Waals surface area contributed by atoms with E-state index in [0.717, 1.165) is 21.9 Å². The zero-order valence-electron chi connectivity index (χ0n) is 15.5. The van der Waals surface area contributed by atoms with Gasteiger partial charge in [0.15, 0.2) is 0 Å². The second-order valence-corrected chi connectivity index (χ2v) is 8.40. The third kappa shape index (κ3) is 6.15. The van der Waals surface area contributed by atoms with Crippen molar-refractivity contribution in [1.29, 1.82) is 0 Å². The lowest BCUT2D eigenvalue weighted by molar-refractivity contribution is -0.119. The van der Waals surface area contributed by atoms with Gasteiger partial charge in [-0.15, -0.1) is 0 Å². The van der Waals surface area contributed by atoms with Gasteiger partial charge in [0.1, 0.15) is 12.3 Å². The Labute approximate surface area is 165 Å². The maximum Gasteiger partial charge on any atom is 0.241 e. The highest BCUT2D eigenvalue weighted by atomic mass is 35.5. The Hall–Kier alpha value is -2.25. The van der Waals surface area contributed by atoms with E-state index in [2.05, 4.69) is 5.32 Å². The van der Waals surface area contributed by atoms with E-state index in [9.17, 15) is 13.2 Å². The van der Waals surface area contributed by atoms with Gasteiger partial charge in [-0.25, -0.2) is 8.42 Å². The SMILES string of the molecule is CCOc1cccc(CNC(=O)CN(c2ccc(Cl)cc2C)S(C)(=O)=O)c1. The lowest BCUT2D eigenvalue weighted by Gasteiger charge is -2.23. The number of aryl methyl sites for hydroxylation is 1. The number of benzene rings is 2. The molecule has 0 aliphatic carbocycles. The number of nitrogens with zero attached hydrogens (tertiary/aromatic N) is 1. The summed E-state index contributed by atoms with van der Waals surface area (Å²) in [6, 6.07) is 12.2. The summed E-state index contributed by atoms with van der Waals surface area (Å²) in [7, 11) is -3.64. The molecule has 2 aromatic carbocycles. The molecule has 0 spiro atoms. The number of ether oxygens (including phenoxy) is 1. The molecule has 0 heterocycles. The van der Waals surface area contributed by atoms with Crippen LogP contribution >= 0.6 is 11.6 Å². The van der Waals surface area contributed by atoms with Crippen LogP contribution in [-0.4, -0.2) is 33.7 Å². The monoisotopic (exact) mass is 410 g/mol. The van der Waals surface area contributed by atoms with Crippen molar-refractivity contribution in [2.45, 2.75) is 20.4 Å². The topological polar surface area (TPSA) is 75.7 Å². The number of sulfonamides is 1. The molecule has 8 heteroatoms. The quantitative estimate of drug-likeness (QED) is 0.725. The predicted octanol–water partition coefficient (Wildman–Crippen LogP) is 3.13. The lowest BCUT2D eigenvalue weighted by atomic mass is 10.2. The number of hydrogen-bond donors (Lipinski definition) is 1. The first-order valence-corrected chi connectivity index (χ1v) is 10.7. The molecule has 0 aliphatic heterocycles. The maximum absolute atomic E-state index is 12.4. The number of rotatable bonds is 8. The summed E-state index contributed by atoms with van der Waals surface area (Å²) < 4.78 is 30.9. The molecule has 0 atom stereocenters. The van der Waals surface area contributed by atoms with E-state index in [1.807, 2.05) is 31.2 Å². The largest absolute Gasteiger partial charge is 0.494 e. The molecule has 27 heavy (non-hydrogen) atoms. The molecule has 0 unspecified atom stereocenters. The zero-order valence-corrected chi connectivity index (χ0v) is 17.1. The number of carbonyl (C=O) groups excluding carboxylic acids is 1. The highest BCUT2D eigenvalue weighted by Crippen LogP contribution is 2.25. The summed E-state index contributed by atoms with van der Waals surface area (Å²) in [5, 5.41) is 3.25. The Morgan fingerprint density at radius 1 is 1.22 bits per heavy atom. The van der Waals surface area contributed by atoms with Crippen LogP contribution in [0.25, 0.3) is 0 Å². The van der Waals surface area contributed by atoms with E-state index >= 15 is 0 Å². The van der Waals surface area contributed by atoms with Gasteiger partial charge in [-0.1, -0.05) is 23.7 Å². The molecule has 2 aromatic rings. The van der Waals surface area contributed by atoms with Crippen LogP contribution in [-0.2, 0) is 21.4 Å². The molecular formula is C19H23ClN2O4S. The van der Waals surface area contributed by atoms with Gasteiger partial charge in [0.25, 0.3) is 0 Å². The van der Waals surface area contributed by atoms with E-state index in [1.54, 1.807) is 25.1 Å². The molecule has 2 rings (SSSR count).